The number of aliphatic hydroxyl groups is 5. The molecular weight excluding hydrogens is 540 g/mol. The third kappa shape index (κ3) is 4.72. The molecule has 2 heterocycles. The van der Waals surface area contributed by atoms with Gasteiger partial charge in [0.2, 0.25) is 0 Å². The van der Waals surface area contributed by atoms with Crippen LogP contribution in [0, 0.1) is 46.3 Å². The van der Waals surface area contributed by atoms with Crippen LogP contribution in [0.3, 0.4) is 0 Å². The number of fused-ring (bicyclic) bond motifs is 7. The van der Waals surface area contributed by atoms with Gasteiger partial charge in [-0.15, -0.1) is 0 Å². The summed E-state index contributed by atoms with van der Waals surface area (Å²) < 4.78 is 19.0. The van der Waals surface area contributed by atoms with Crippen molar-refractivity contribution in [1.29, 1.82) is 0 Å². The molecule has 42 heavy (non-hydrogen) atoms. The second-order valence-corrected chi connectivity index (χ2v) is 15.3. The van der Waals surface area contributed by atoms with Crippen molar-refractivity contribution in [3.63, 3.8) is 0 Å². The quantitative estimate of drug-likeness (QED) is 0.232. The number of ether oxygens (including phenoxy) is 3. The van der Waals surface area contributed by atoms with Gasteiger partial charge in [0.05, 0.1) is 19.3 Å². The molecule has 3 saturated carbocycles. The lowest BCUT2D eigenvalue weighted by atomic mass is 9.47. The van der Waals surface area contributed by atoms with E-state index in [-0.39, 0.29) is 16.9 Å². The van der Waals surface area contributed by atoms with Gasteiger partial charge >= 0.3 is 5.97 Å². The summed E-state index contributed by atoms with van der Waals surface area (Å²) in [6.45, 7) is 9.57. The van der Waals surface area contributed by atoms with Crippen molar-refractivity contribution in [3.8, 4) is 0 Å². The number of aliphatic hydroxyl groups excluding tert-OH is 5. The zero-order chi connectivity index (χ0) is 30.2. The van der Waals surface area contributed by atoms with Gasteiger partial charge in [0.25, 0.3) is 0 Å². The summed E-state index contributed by atoms with van der Waals surface area (Å²) in [5.41, 5.74) is 1.62. The Bertz CT molecular complexity index is 1050. The molecule has 0 aromatic rings. The standard InChI is InChI=1S/C33H52O9/c1-17-7-12-33(40-16-17)18(2)26-25(42-33)14-23-21-6-5-19-13-20(8-10-31(19,3)22(21)9-11-32(23,26)4)41-30(39)29(38)28(37)27(36)24(35)15-34/h5,17-18,20-29,34-38H,6-16H2,1-4H3/t17-,18+,20?,21?,22?,23?,24?,25?,26?,27?,28?,29?,31?,32?,33?/m1/s1. The van der Waals surface area contributed by atoms with Gasteiger partial charge in [0, 0.05) is 18.8 Å². The Morgan fingerprint density at radius 1 is 1.05 bits per heavy atom. The Hall–Kier alpha value is -1.07. The highest BCUT2D eigenvalue weighted by Gasteiger charge is 2.68. The van der Waals surface area contributed by atoms with Crippen LogP contribution in [-0.2, 0) is 19.0 Å². The van der Waals surface area contributed by atoms with Crippen LogP contribution < -0.4 is 0 Å². The highest BCUT2D eigenvalue weighted by Crippen LogP contribution is 2.70. The van der Waals surface area contributed by atoms with Gasteiger partial charge in [-0.3, -0.25) is 0 Å². The summed E-state index contributed by atoms with van der Waals surface area (Å²) in [4.78, 5) is 12.6. The van der Waals surface area contributed by atoms with Gasteiger partial charge in [-0.2, -0.15) is 0 Å². The number of allylic oxidation sites excluding steroid dienone is 1. The fourth-order valence-corrected chi connectivity index (χ4v) is 10.6. The number of hydrogen-bond acceptors (Lipinski definition) is 9. The summed E-state index contributed by atoms with van der Waals surface area (Å²) in [5.74, 6) is 1.92. The van der Waals surface area contributed by atoms with Crippen LogP contribution in [0.25, 0.3) is 0 Å². The Balaban J connectivity index is 1.12. The molecule has 238 valence electrons. The van der Waals surface area contributed by atoms with Crippen molar-refractivity contribution in [2.24, 2.45) is 46.3 Å². The minimum atomic E-state index is -2.01. The highest BCUT2D eigenvalue weighted by atomic mass is 16.7. The van der Waals surface area contributed by atoms with E-state index in [2.05, 4.69) is 33.8 Å². The molecule has 5 N–H and O–H groups in total. The highest BCUT2D eigenvalue weighted by molar-refractivity contribution is 5.75. The molecule has 4 aliphatic carbocycles. The molecule has 0 aromatic carbocycles. The van der Waals surface area contributed by atoms with E-state index >= 15 is 0 Å². The van der Waals surface area contributed by atoms with Crippen LogP contribution >= 0.6 is 0 Å². The molecule has 15 atom stereocenters. The third-order valence-corrected chi connectivity index (χ3v) is 13.1. The van der Waals surface area contributed by atoms with Gasteiger partial charge in [0.15, 0.2) is 11.9 Å². The maximum Gasteiger partial charge on any atom is 0.338 e. The zero-order valence-electron chi connectivity index (χ0n) is 25.7. The molecule has 6 aliphatic rings. The molecule has 5 fully saturated rings. The van der Waals surface area contributed by atoms with Crippen molar-refractivity contribution in [3.05, 3.63) is 11.6 Å². The van der Waals surface area contributed by atoms with Crippen LogP contribution in [0.15, 0.2) is 11.6 Å². The van der Waals surface area contributed by atoms with Crippen LogP contribution in [0.5, 0.6) is 0 Å². The van der Waals surface area contributed by atoms with E-state index in [0.717, 1.165) is 32.3 Å². The van der Waals surface area contributed by atoms with E-state index in [0.29, 0.717) is 48.3 Å². The maximum atomic E-state index is 12.6. The van der Waals surface area contributed by atoms with Crippen LogP contribution in [-0.4, -0.2) is 87.1 Å². The average Bonchev–Trinajstić information content (AvgIpc) is 3.42. The smallest absolute Gasteiger partial charge is 0.338 e. The molecule has 9 nitrogen and oxygen atoms in total. The van der Waals surface area contributed by atoms with Gasteiger partial charge in [-0.1, -0.05) is 39.3 Å². The first kappa shape index (κ1) is 30.9. The minimum absolute atomic E-state index is 0.0424. The van der Waals surface area contributed by atoms with E-state index in [1.54, 1.807) is 0 Å². The summed E-state index contributed by atoms with van der Waals surface area (Å²) in [5, 5.41) is 48.8. The van der Waals surface area contributed by atoms with Gasteiger partial charge in [-0.05, 0) is 85.4 Å². The Kier molecular flexibility index (Phi) is 8.16. The summed E-state index contributed by atoms with van der Waals surface area (Å²) >= 11 is 0. The summed E-state index contributed by atoms with van der Waals surface area (Å²) in [6.07, 6.45) is 3.60. The molecule has 1 spiro atoms. The number of esters is 1. The molecular formula is C33H52O9. The Labute approximate surface area is 249 Å². The molecule has 13 unspecified atom stereocenters. The van der Waals surface area contributed by atoms with E-state index in [1.165, 1.54) is 24.8 Å². The minimum Gasteiger partial charge on any atom is -0.460 e. The van der Waals surface area contributed by atoms with Crippen molar-refractivity contribution >= 4 is 5.97 Å². The lowest BCUT2D eigenvalue weighted by molar-refractivity contribution is -0.272. The van der Waals surface area contributed by atoms with Crippen molar-refractivity contribution in [1.82, 2.24) is 0 Å². The fourth-order valence-electron chi connectivity index (χ4n) is 10.6. The second kappa shape index (κ2) is 11.1. The third-order valence-electron chi connectivity index (χ3n) is 13.1. The van der Waals surface area contributed by atoms with E-state index < -0.39 is 48.9 Å². The van der Waals surface area contributed by atoms with Crippen LogP contribution in [0.4, 0.5) is 0 Å². The molecule has 0 aromatic heterocycles. The number of carbonyl (C=O) groups excluding carboxylic acids is 1. The first-order valence-corrected chi connectivity index (χ1v) is 16.4. The number of carbonyl (C=O) groups is 1. The molecule has 0 bridgehead atoms. The topological polar surface area (TPSA) is 146 Å². The lowest BCUT2D eigenvalue weighted by Crippen LogP contribution is -2.53. The average molecular weight is 593 g/mol. The first-order chi connectivity index (χ1) is 19.8. The second-order valence-electron chi connectivity index (χ2n) is 15.3. The fraction of sp³-hybridized carbons (Fsp3) is 0.909. The van der Waals surface area contributed by atoms with Crippen molar-refractivity contribution < 1.29 is 44.5 Å². The molecule has 2 aliphatic heterocycles. The van der Waals surface area contributed by atoms with E-state index in [9.17, 15) is 25.2 Å². The maximum absolute atomic E-state index is 12.6. The van der Waals surface area contributed by atoms with Crippen LogP contribution in [0.1, 0.15) is 85.5 Å². The largest absolute Gasteiger partial charge is 0.460 e. The normalized spacial score (nSPS) is 49.1. The Morgan fingerprint density at radius 2 is 1.81 bits per heavy atom. The van der Waals surface area contributed by atoms with Crippen molar-refractivity contribution in [2.75, 3.05) is 13.2 Å². The predicted octanol–water partition coefficient (Wildman–Crippen LogP) is 2.70. The van der Waals surface area contributed by atoms with Crippen LogP contribution in [0.2, 0.25) is 0 Å². The zero-order valence-corrected chi connectivity index (χ0v) is 25.7. The monoisotopic (exact) mass is 592 g/mol. The summed E-state index contributed by atoms with van der Waals surface area (Å²) in [7, 11) is 0. The summed E-state index contributed by atoms with van der Waals surface area (Å²) in [6, 6.07) is 0. The Morgan fingerprint density at radius 3 is 2.50 bits per heavy atom. The number of hydrogen-bond donors (Lipinski definition) is 5. The molecule has 2 saturated heterocycles. The molecule has 6 rings (SSSR count). The molecule has 0 amide bonds. The predicted molar refractivity (Wildman–Crippen MR) is 153 cm³/mol. The van der Waals surface area contributed by atoms with E-state index in [4.69, 9.17) is 19.3 Å². The van der Waals surface area contributed by atoms with Gasteiger partial charge < -0.3 is 39.7 Å². The van der Waals surface area contributed by atoms with Gasteiger partial charge in [0.1, 0.15) is 24.4 Å². The van der Waals surface area contributed by atoms with Gasteiger partial charge in [-0.25, -0.2) is 4.79 Å². The van der Waals surface area contributed by atoms with E-state index in [1.807, 2.05) is 0 Å². The first-order valence-electron chi connectivity index (χ1n) is 16.4. The molecule has 9 heteroatoms. The lowest BCUT2D eigenvalue weighted by Gasteiger charge is -2.58. The number of rotatable bonds is 6. The van der Waals surface area contributed by atoms with Crippen molar-refractivity contribution in [2.45, 2.75) is 128 Å². The SMILES string of the molecule is C[C@@H]1CCC2(OC1)OC1CC3C4CC=C5CC(OC(=O)C(O)C(O)C(O)C(O)CO)CCC5(C)C4CCC3(C)C1[C@@H]2C. The molecule has 0 radical (unpaired) electrons.